The Morgan fingerprint density at radius 2 is 1.94 bits per heavy atom. The molecule has 86 valence electrons. The quantitative estimate of drug-likeness (QED) is 0.793. The summed E-state index contributed by atoms with van der Waals surface area (Å²) in [5.74, 6) is -1.66. The fourth-order valence-electron chi connectivity index (χ4n) is 1.53. The lowest BCUT2D eigenvalue weighted by Crippen LogP contribution is -2.15. The summed E-state index contributed by atoms with van der Waals surface area (Å²) in [6, 6.07) is 5.51. The number of benzene rings is 1. The third-order valence-corrected chi connectivity index (χ3v) is 2.82. The minimum Gasteiger partial charge on any atom is -0.481 e. The lowest BCUT2D eigenvalue weighted by Gasteiger charge is -2.09. The summed E-state index contributed by atoms with van der Waals surface area (Å²) in [4.78, 5) is 22.5. The Bertz CT molecular complexity index is 421. The van der Waals surface area contributed by atoms with E-state index in [1.807, 2.05) is 26.0 Å². The van der Waals surface area contributed by atoms with E-state index < -0.39 is 11.9 Å². The van der Waals surface area contributed by atoms with E-state index in [9.17, 15) is 9.59 Å². The van der Waals surface area contributed by atoms with Gasteiger partial charge in [0.15, 0.2) is 5.78 Å². The summed E-state index contributed by atoms with van der Waals surface area (Å²) < 4.78 is 0. The van der Waals surface area contributed by atoms with Crippen LogP contribution in [0.3, 0.4) is 0 Å². The first-order chi connectivity index (χ1) is 7.43. The van der Waals surface area contributed by atoms with Crippen molar-refractivity contribution in [2.75, 3.05) is 0 Å². The molecule has 0 amide bonds. The summed E-state index contributed by atoms with van der Waals surface area (Å²) in [6.07, 6.45) is 0.0552. The molecule has 0 heterocycles. The predicted molar refractivity (Wildman–Crippen MR) is 61.7 cm³/mol. The zero-order valence-corrected chi connectivity index (χ0v) is 9.78. The van der Waals surface area contributed by atoms with Gasteiger partial charge >= 0.3 is 5.97 Å². The van der Waals surface area contributed by atoms with Crippen molar-refractivity contribution < 1.29 is 14.7 Å². The van der Waals surface area contributed by atoms with Crippen LogP contribution in [0.2, 0.25) is 0 Å². The molecule has 0 aromatic heterocycles. The molecule has 0 spiro atoms. The SMILES string of the molecule is Cc1cccc(C(=O)CC(C)C(=O)O)c1C. The van der Waals surface area contributed by atoms with E-state index in [1.165, 1.54) is 0 Å². The molecule has 1 unspecified atom stereocenters. The Kier molecular flexibility index (Phi) is 3.82. The van der Waals surface area contributed by atoms with Crippen LogP contribution in [-0.4, -0.2) is 16.9 Å². The second-order valence-corrected chi connectivity index (χ2v) is 4.11. The van der Waals surface area contributed by atoms with Gasteiger partial charge in [-0.05, 0) is 25.0 Å². The average Bonchev–Trinajstić information content (AvgIpc) is 2.21. The first-order valence-electron chi connectivity index (χ1n) is 5.25. The predicted octanol–water partition coefficient (Wildman–Crippen LogP) is 2.60. The first-order valence-corrected chi connectivity index (χ1v) is 5.25. The topological polar surface area (TPSA) is 54.4 Å². The number of ketones is 1. The van der Waals surface area contributed by atoms with Gasteiger partial charge in [0, 0.05) is 12.0 Å². The van der Waals surface area contributed by atoms with Crippen molar-refractivity contribution in [3.05, 3.63) is 34.9 Å². The van der Waals surface area contributed by atoms with Crippen LogP contribution in [0, 0.1) is 19.8 Å². The Morgan fingerprint density at radius 1 is 1.31 bits per heavy atom. The van der Waals surface area contributed by atoms with E-state index in [2.05, 4.69) is 0 Å². The van der Waals surface area contributed by atoms with Crippen molar-refractivity contribution in [2.24, 2.45) is 5.92 Å². The summed E-state index contributed by atoms with van der Waals surface area (Å²) in [5.41, 5.74) is 2.62. The molecule has 0 fully saturated rings. The number of carbonyl (C=O) groups excluding carboxylic acids is 1. The number of carboxylic acids is 1. The van der Waals surface area contributed by atoms with Crippen LogP contribution in [0.1, 0.15) is 34.8 Å². The highest BCUT2D eigenvalue weighted by atomic mass is 16.4. The van der Waals surface area contributed by atoms with Crippen LogP contribution in [0.4, 0.5) is 0 Å². The number of aryl methyl sites for hydroxylation is 1. The van der Waals surface area contributed by atoms with Gasteiger partial charge in [0.05, 0.1) is 5.92 Å². The molecule has 0 saturated heterocycles. The van der Waals surface area contributed by atoms with Crippen molar-refractivity contribution >= 4 is 11.8 Å². The van der Waals surface area contributed by atoms with Gasteiger partial charge in [-0.15, -0.1) is 0 Å². The van der Waals surface area contributed by atoms with Crippen LogP contribution < -0.4 is 0 Å². The fraction of sp³-hybridized carbons (Fsp3) is 0.385. The molecule has 1 rings (SSSR count). The molecular formula is C13H16O3. The molecule has 0 radical (unpaired) electrons. The molecule has 1 aromatic carbocycles. The van der Waals surface area contributed by atoms with E-state index in [0.717, 1.165) is 11.1 Å². The first kappa shape index (κ1) is 12.4. The summed E-state index contributed by atoms with van der Waals surface area (Å²) >= 11 is 0. The van der Waals surface area contributed by atoms with Crippen molar-refractivity contribution in [3.8, 4) is 0 Å². The average molecular weight is 220 g/mol. The van der Waals surface area contributed by atoms with Gasteiger partial charge in [-0.2, -0.15) is 0 Å². The van der Waals surface area contributed by atoms with Gasteiger partial charge < -0.3 is 5.11 Å². The molecule has 1 aromatic rings. The normalized spacial score (nSPS) is 12.2. The maximum absolute atomic E-state index is 11.9. The molecule has 0 aliphatic carbocycles. The van der Waals surface area contributed by atoms with Crippen LogP contribution in [0.5, 0.6) is 0 Å². The molecule has 0 aliphatic rings. The van der Waals surface area contributed by atoms with Gasteiger partial charge in [-0.1, -0.05) is 25.1 Å². The maximum Gasteiger partial charge on any atom is 0.306 e. The van der Waals surface area contributed by atoms with Crippen LogP contribution in [0.15, 0.2) is 18.2 Å². The zero-order chi connectivity index (χ0) is 12.3. The maximum atomic E-state index is 11.9. The van der Waals surface area contributed by atoms with Crippen molar-refractivity contribution in [3.63, 3.8) is 0 Å². The molecular weight excluding hydrogens is 204 g/mol. The molecule has 3 nitrogen and oxygen atoms in total. The lowest BCUT2D eigenvalue weighted by molar-refractivity contribution is -0.141. The monoisotopic (exact) mass is 220 g/mol. The second kappa shape index (κ2) is 4.92. The minimum atomic E-state index is -0.932. The Balaban J connectivity index is 2.89. The van der Waals surface area contributed by atoms with Gasteiger partial charge in [-0.3, -0.25) is 9.59 Å². The summed E-state index contributed by atoms with van der Waals surface area (Å²) in [7, 11) is 0. The van der Waals surface area contributed by atoms with E-state index in [-0.39, 0.29) is 12.2 Å². The number of hydrogen-bond acceptors (Lipinski definition) is 2. The molecule has 16 heavy (non-hydrogen) atoms. The fourth-order valence-corrected chi connectivity index (χ4v) is 1.53. The third-order valence-electron chi connectivity index (χ3n) is 2.82. The summed E-state index contributed by atoms with van der Waals surface area (Å²) in [5, 5.41) is 8.75. The van der Waals surface area contributed by atoms with Gasteiger partial charge in [0.25, 0.3) is 0 Å². The second-order valence-electron chi connectivity index (χ2n) is 4.11. The third kappa shape index (κ3) is 2.69. The number of carboxylic acid groups (broad SMARTS) is 1. The van der Waals surface area contributed by atoms with Gasteiger partial charge in [0.2, 0.25) is 0 Å². The standard InChI is InChI=1S/C13H16O3/c1-8-5-4-6-11(10(8)3)12(14)7-9(2)13(15)16/h4-6,9H,7H2,1-3H3,(H,15,16). The van der Waals surface area contributed by atoms with Crippen LogP contribution in [0.25, 0.3) is 0 Å². The molecule has 1 atom stereocenters. The number of rotatable bonds is 4. The van der Waals surface area contributed by atoms with Crippen molar-refractivity contribution in [1.82, 2.24) is 0 Å². The van der Waals surface area contributed by atoms with Crippen LogP contribution >= 0.6 is 0 Å². The van der Waals surface area contributed by atoms with E-state index in [0.29, 0.717) is 5.56 Å². The lowest BCUT2D eigenvalue weighted by atomic mass is 9.95. The van der Waals surface area contributed by atoms with E-state index >= 15 is 0 Å². The summed E-state index contributed by atoms with van der Waals surface area (Å²) in [6.45, 7) is 5.37. The number of aliphatic carboxylic acids is 1. The number of carbonyl (C=O) groups is 2. The molecule has 0 bridgehead atoms. The number of hydrogen-bond donors (Lipinski definition) is 1. The number of Topliss-reactive ketones (excluding diaryl/α,β-unsaturated/α-hetero) is 1. The Hall–Kier alpha value is -1.64. The Labute approximate surface area is 95.1 Å². The highest BCUT2D eigenvalue weighted by Crippen LogP contribution is 2.17. The Morgan fingerprint density at radius 3 is 2.50 bits per heavy atom. The van der Waals surface area contributed by atoms with E-state index in [1.54, 1.807) is 13.0 Å². The molecule has 1 N–H and O–H groups in total. The largest absolute Gasteiger partial charge is 0.481 e. The highest BCUT2D eigenvalue weighted by molar-refractivity contribution is 5.99. The zero-order valence-electron chi connectivity index (χ0n) is 9.78. The molecule has 0 saturated carbocycles. The van der Waals surface area contributed by atoms with E-state index in [4.69, 9.17) is 5.11 Å². The molecule has 3 heteroatoms. The molecule has 0 aliphatic heterocycles. The van der Waals surface area contributed by atoms with Crippen molar-refractivity contribution in [1.29, 1.82) is 0 Å². The minimum absolute atomic E-state index is 0.0552. The highest BCUT2D eigenvalue weighted by Gasteiger charge is 2.18. The van der Waals surface area contributed by atoms with Crippen LogP contribution in [-0.2, 0) is 4.79 Å². The smallest absolute Gasteiger partial charge is 0.306 e. The van der Waals surface area contributed by atoms with Crippen molar-refractivity contribution in [2.45, 2.75) is 27.2 Å². The van der Waals surface area contributed by atoms with Gasteiger partial charge in [-0.25, -0.2) is 0 Å². The van der Waals surface area contributed by atoms with Gasteiger partial charge in [0.1, 0.15) is 0 Å².